The Morgan fingerprint density at radius 3 is 2.76 bits per heavy atom. The normalized spacial score (nSPS) is 10.2. The van der Waals surface area contributed by atoms with Crippen LogP contribution in [0.3, 0.4) is 0 Å². The lowest BCUT2D eigenvalue weighted by molar-refractivity contribution is -0.128. The Bertz CT molecular complexity index is 608. The van der Waals surface area contributed by atoms with Gasteiger partial charge < -0.3 is 10.2 Å². The molecule has 1 aromatic carbocycles. The van der Waals surface area contributed by atoms with Crippen molar-refractivity contribution in [2.24, 2.45) is 0 Å². The van der Waals surface area contributed by atoms with Crippen molar-refractivity contribution in [3.05, 3.63) is 59.4 Å². The van der Waals surface area contributed by atoms with E-state index in [0.717, 1.165) is 22.5 Å². The summed E-state index contributed by atoms with van der Waals surface area (Å²) in [6.07, 6.45) is 1.87. The Labute approximate surface area is 125 Å². The Morgan fingerprint density at radius 1 is 1.29 bits per heavy atom. The number of pyridine rings is 1. The van der Waals surface area contributed by atoms with Gasteiger partial charge in [-0.15, -0.1) is 0 Å². The van der Waals surface area contributed by atoms with Gasteiger partial charge in [-0.05, 0) is 36.2 Å². The highest BCUT2D eigenvalue weighted by Crippen LogP contribution is 2.13. The maximum atomic E-state index is 11.3. The molecule has 1 aromatic heterocycles. The summed E-state index contributed by atoms with van der Waals surface area (Å²) in [6, 6.07) is 12.2. The van der Waals surface area contributed by atoms with E-state index in [1.54, 1.807) is 18.9 Å². The van der Waals surface area contributed by atoms with Crippen LogP contribution in [0.25, 0.3) is 0 Å². The molecule has 1 amide bonds. The Balaban J connectivity index is 1.97. The standard InChI is InChI=1S/C17H21N3O/c1-13-7-8-17(18-10-13)11-19-16-6-4-5-15(9-16)12-20(3)14(2)21/h4-10,19H,11-12H2,1-3H3. The van der Waals surface area contributed by atoms with E-state index in [4.69, 9.17) is 0 Å². The topological polar surface area (TPSA) is 45.2 Å². The molecule has 21 heavy (non-hydrogen) atoms. The molecule has 0 radical (unpaired) electrons. The van der Waals surface area contributed by atoms with E-state index in [-0.39, 0.29) is 5.91 Å². The third-order valence-electron chi connectivity index (χ3n) is 3.33. The zero-order valence-corrected chi connectivity index (χ0v) is 12.8. The predicted octanol–water partition coefficient (Wildman–Crippen LogP) is 2.98. The molecule has 0 aliphatic carbocycles. The van der Waals surface area contributed by atoms with Crippen LogP contribution in [0.1, 0.15) is 23.7 Å². The van der Waals surface area contributed by atoms with Gasteiger partial charge in [-0.2, -0.15) is 0 Å². The lowest BCUT2D eigenvalue weighted by Gasteiger charge is -2.15. The maximum absolute atomic E-state index is 11.3. The Hall–Kier alpha value is -2.36. The van der Waals surface area contributed by atoms with Crippen LogP contribution < -0.4 is 5.32 Å². The van der Waals surface area contributed by atoms with Gasteiger partial charge in [0, 0.05) is 32.4 Å². The molecule has 4 nitrogen and oxygen atoms in total. The van der Waals surface area contributed by atoms with Crippen molar-refractivity contribution in [3.8, 4) is 0 Å². The van der Waals surface area contributed by atoms with Crippen LogP contribution in [0.15, 0.2) is 42.6 Å². The van der Waals surface area contributed by atoms with Crippen LogP contribution in [0.4, 0.5) is 5.69 Å². The first-order chi connectivity index (χ1) is 10.0. The minimum absolute atomic E-state index is 0.0669. The number of carbonyl (C=O) groups excluding carboxylic acids is 1. The SMILES string of the molecule is CC(=O)N(C)Cc1cccc(NCc2ccc(C)cn2)c1. The predicted molar refractivity (Wildman–Crippen MR) is 84.9 cm³/mol. The van der Waals surface area contributed by atoms with Crippen LogP contribution in [-0.2, 0) is 17.9 Å². The van der Waals surface area contributed by atoms with Gasteiger partial charge in [0.15, 0.2) is 0 Å². The van der Waals surface area contributed by atoms with Gasteiger partial charge in [0.25, 0.3) is 0 Å². The monoisotopic (exact) mass is 283 g/mol. The fraction of sp³-hybridized carbons (Fsp3) is 0.294. The second-order valence-electron chi connectivity index (χ2n) is 5.26. The van der Waals surface area contributed by atoms with Crippen molar-refractivity contribution in [1.29, 1.82) is 0 Å². The lowest BCUT2D eigenvalue weighted by Crippen LogP contribution is -2.23. The van der Waals surface area contributed by atoms with E-state index in [0.29, 0.717) is 13.1 Å². The van der Waals surface area contributed by atoms with Gasteiger partial charge in [-0.25, -0.2) is 0 Å². The number of aromatic nitrogens is 1. The third-order valence-corrected chi connectivity index (χ3v) is 3.33. The van der Waals surface area contributed by atoms with Crippen LogP contribution in [-0.4, -0.2) is 22.8 Å². The second kappa shape index (κ2) is 6.88. The molecule has 0 spiro atoms. The van der Waals surface area contributed by atoms with Crippen molar-refractivity contribution < 1.29 is 4.79 Å². The summed E-state index contributed by atoms with van der Waals surface area (Å²) < 4.78 is 0. The maximum Gasteiger partial charge on any atom is 0.219 e. The molecular weight excluding hydrogens is 262 g/mol. The van der Waals surface area contributed by atoms with Gasteiger partial charge in [-0.1, -0.05) is 18.2 Å². The lowest BCUT2D eigenvalue weighted by atomic mass is 10.2. The largest absolute Gasteiger partial charge is 0.379 e. The third kappa shape index (κ3) is 4.60. The Kier molecular flexibility index (Phi) is 4.93. The van der Waals surface area contributed by atoms with Gasteiger partial charge in [0.1, 0.15) is 0 Å². The van der Waals surface area contributed by atoms with Gasteiger partial charge in [0.2, 0.25) is 5.91 Å². The van der Waals surface area contributed by atoms with E-state index in [1.165, 1.54) is 0 Å². The summed E-state index contributed by atoms with van der Waals surface area (Å²) in [5.74, 6) is 0.0669. The van der Waals surface area contributed by atoms with Crippen molar-refractivity contribution in [2.75, 3.05) is 12.4 Å². The number of anilines is 1. The number of rotatable bonds is 5. The highest BCUT2D eigenvalue weighted by molar-refractivity contribution is 5.72. The molecule has 2 aromatic rings. The van der Waals surface area contributed by atoms with E-state index >= 15 is 0 Å². The quantitative estimate of drug-likeness (QED) is 0.917. The first-order valence-electron chi connectivity index (χ1n) is 7.00. The number of benzene rings is 1. The number of amides is 1. The first-order valence-corrected chi connectivity index (χ1v) is 7.00. The van der Waals surface area contributed by atoms with Gasteiger partial charge in [0.05, 0.1) is 12.2 Å². The van der Waals surface area contributed by atoms with E-state index in [9.17, 15) is 4.79 Å². The number of nitrogens with one attached hydrogen (secondary N) is 1. The average molecular weight is 283 g/mol. The van der Waals surface area contributed by atoms with Crippen molar-refractivity contribution in [3.63, 3.8) is 0 Å². The van der Waals surface area contributed by atoms with Crippen LogP contribution >= 0.6 is 0 Å². The van der Waals surface area contributed by atoms with Crippen LogP contribution in [0.5, 0.6) is 0 Å². The number of nitrogens with zero attached hydrogens (tertiary/aromatic N) is 2. The summed E-state index contributed by atoms with van der Waals surface area (Å²) >= 11 is 0. The summed E-state index contributed by atoms with van der Waals surface area (Å²) in [5, 5.41) is 3.36. The summed E-state index contributed by atoms with van der Waals surface area (Å²) in [6.45, 7) is 4.91. The van der Waals surface area contributed by atoms with Gasteiger partial charge >= 0.3 is 0 Å². The fourth-order valence-electron chi connectivity index (χ4n) is 1.96. The highest BCUT2D eigenvalue weighted by atomic mass is 16.2. The summed E-state index contributed by atoms with van der Waals surface area (Å²) in [4.78, 5) is 17.3. The smallest absolute Gasteiger partial charge is 0.219 e. The number of hydrogen-bond donors (Lipinski definition) is 1. The molecule has 110 valence electrons. The van der Waals surface area contributed by atoms with Crippen LogP contribution in [0.2, 0.25) is 0 Å². The molecule has 0 atom stereocenters. The van der Waals surface area contributed by atoms with E-state index in [1.807, 2.05) is 37.4 Å². The molecule has 0 saturated heterocycles. The summed E-state index contributed by atoms with van der Waals surface area (Å²) in [7, 11) is 1.80. The molecular formula is C17H21N3O. The second-order valence-corrected chi connectivity index (χ2v) is 5.26. The molecule has 1 N–H and O–H groups in total. The zero-order valence-electron chi connectivity index (χ0n) is 12.8. The van der Waals surface area contributed by atoms with Crippen LogP contribution in [0, 0.1) is 6.92 Å². The minimum atomic E-state index is 0.0669. The molecule has 1 heterocycles. The minimum Gasteiger partial charge on any atom is -0.379 e. The van der Waals surface area contributed by atoms with Crippen molar-refractivity contribution in [2.45, 2.75) is 26.9 Å². The van der Waals surface area contributed by atoms with Crippen molar-refractivity contribution in [1.82, 2.24) is 9.88 Å². The first kappa shape index (κ1) is 15.0. The number of hydrogen-bond acceptors (Lipinski definition) is 3. The number of aryl methyl sites for hydroxylation is 1. The van der Waals surface area contributed by atoms with Gasteiger partial charge in [-0.3, -0.25) is 9.78 Å². The molecule has 0 aliphatic heterocycles. The molecule has 4 heteroatoms. The average Bonchev–Trinajstić information content (AvgIpc) is 2.47. The van der Waals surface area contributed by atoms with E-state index < -0.39 is 0 Å². The fourth-order valence-corrected chi connectivity index (χ4v) is 1.96. The molecule has 2 rings (SSSR count). The zero-order chi connectivity index (χ0) is 15.2. The number of carbonyl (C=O) groups is 1. The van der Waals surface area contributed by atoms with E-state index in [2.05, 4.69) is 22.4 Å². The molecule has 0 saturated carbocycles. The molecule has 0 bridgehead atoms. The Morgan fingerprint density at radius 2 is 2.10 bits per heavy atom. The molecule has 0 aliphatic rings. The molecule has 0 fully saturated rings. The van der Waals surface area contributed by atoms with Crippen molar-refractivity contribution >= 4 is 11.6 Å². The highest BCUT2D eigenvalue weighted by Gasteiger charge is 2.04. The molecule has 0 unspecified atom stereocenters. The summed E-state index contributed by atoms with van der Waals surface area (Å²) in [5.41, 5.74) is 4.31.